The van der Waals surface area contributed by atoms with Gasteiger partial charge in [-0.15, -0.1) is 0 Å². The van der Waals surface area contributed by atoms with Crippen LogP contribution >= 0.6 is 0 Å². The lowest BCUT2D eigenvalue weighted by atomic mass is 9.97. The second kappa shape index (κ2) is 8.50. The molecule has 0 amide bonds. The molecule has 25 heavy (non-hydrogen) atoms. The molecule has 3 rings (SSSR count). The highest BCUT2D eigenvalue weighted by Gasteiger charge is 2.20. The SMILES string of the molecule is Cc1nccn1CC1CCCN(Cc2ccc(N(C)CCO)cc2)C1. The minimum absolute atomic E-state index is 0.184. The molecule has 0 radical (unpaired) electrons. The monoisotopic (exact) mass is 342 g/mol. The number of hydrogen-bond donors (Lipinski definition) is 1. The van der Waals surface area contributed by atoms with Gasteiger partial charge >= 0.3 is 0 Å². The zero-order valence-electron chi connectivity index (χ0n) is 15.4. The molecule has 1 saturated heterocycles. The quantitative estimate of drug-likeness (QED) is 0.840. The number of aromatic nitrogens is 2. The van der Waals surface area contributed by atoms with Crippen molar-refractivity contribution in [1.82, 2.24) is 14.5 Å². The second-order valence-electron chi connectivity index (χ2n) is 7.18. The third-order valence-electron chi connectivity index (χ3n) is 5.20. The van der Waals surface area contributed by atoms with E-state index < -0.39 is 0 Å². The molecule has 1 aromatic heterocycles. The Balaban J connectivity index is 1.54. The van der Waals surface area contributed by atoms with E-state index in [1.165, 1.54) is 24.9 Å². The molecule has 136 valence electrons. The highest BCUT2D eigenvalue weighted by molar-refractivity contribution is 5.46. The van der Waals surface area contributed by atoms with Crippen molar-refractivity contribution >= 4 is 5.69 Å². The van der Waals surface area contributed by atoms with Gasteiger partial charge < -0.3 is 14.6 Å². The number of nitrogens with zero attached hydrogens (tertiary/aromatic N) is 4. The van der Waals surface area contributed by atoms with E-state index in [9.17, 15) is 0 Å². The first-order chi connectivity index (χ1) is 12.2. The number of likely N-dealkylation sites (N-methyl/N-ethyl adjacent to an activating group) is 1. The van der Waals surface area contributed by atoms with Gasteiger partial charge in [-0.05, 0) is 49.9 Å². The molecule has 1 aromatic carbocycles. The van der Waals surface area contributed by atoms with Gasteiger partial charge in [-0.1, -0.05) is 12.1 Å². The first-order valence-corrected chi connectivity index (χ1v) is 9.26. The number of aliphatic hydroxyl groups is 1. The van der Waals surface area contributed by atoms with Crippen LogP contribution in [0, 0.1) is 12.8 Å². The van der Waals surface area contributed by atoms with Crippen LogP contribution in [0.2, 0.25) is 0 Å². The number of hydrogen-bond acceptors (Lipinski definition) is 4. The number of piperidine rings is 1. The van der Waals surface area contributed by atoms with Crippen LogP contribution < -0.4 is 4.90 Å². The molecule has 0 saturated carbocycles. The second-order valence-corrected chi connectivity index (χ2v) is 7.18. The summed E-state index contributed by atoms with van der Waals surface area (Å²) in [6.45, 7) is 7.37. The van der Waals surface area contributed by atoms with Crippen molar-refractivity contribution in [3.63, 3.8) is 0 Å². The molecule has 1 unspecified atom stereocenters. The third kappa shape index (κ3) is 4.83. The maximum atomic E-state index is 9.05. The fourth-order valence-electron chi connectivity index (χ4n) is 3.71. The van der Waals surface area contributed by atoms with Crippen molar-refractivity contribution in [2.45, 2.75) is 32.9 Å². The van der Waals surface area contributed by atoms with Crippen molar-refractivity contribution in [3.05, 3.63) is 48.0 Å². The Morgan fingerprint density at radius 1 is 1.28 bits per heavy atom. The van der Waals surface area contributed by atoms with Crippen LogP contribution in [0.1, 0.15) is 24.2 Å². The molecule has 1 atom stereocenters. The zero-order chi connectivity index (χ0) is 17.6. The molecule has 0 aliphatic carbocycles. The first kappa shape index (κ1) is 18.0. The predicted octanol–water partition coefficient (Wildman–Crippen LogP) is 2.53. The molecule has 2 aromatic rings. The molecule has 5 nitrogen and oxygen atoms in total. The van der Waals surface area contributed by atoms with Gasteiger partial charge in [0.1, 0.15) is 5.82 Å². The Labute approximate surface area is 150 Å². The zero-order valence-corrected chi connectivity index (χ0v) is 15.4. The van der Waals surface area contributed by atoms with Gasteiger partial charge in [0.2, 0.25) is 0 Å². The number of aryl methyl sites for hydroxylation is 1. The van der Waals surface area contributed by atoms with Crippen LogP contribution in [0.25, 0.3) is 0 Å². The number of anilines is 1. The molecule has 1 aliphatic rings. The van der Waals surface area contributed by atoms with E-state index in [0.29, 0.717) is 12.5 Å². The Morgan fingerprint density at radius 3 is 2.76 bits per heavy atom. The Bertz CT molecular complexity index is 652. The minimum atomic E-state index is 0.184. The van der Waals surface area contributed by atoms with Gasteiger partial charge in [-0.25, -0.2) is 4.98 Å². The molecule has 5 heteroatoms. The molecule has 1 aliphatic heterocycles. The van der Waals surface area contributed by atoms with Crippen LogP contribution in [0.4, 0.5) is 5.69 Å². The maximum Gasteiger partial charge on any atom is 0.105 e. The standard InChI is InChI=1S/C20H30N4O/c1-17-21-9-11-24(17)16-19-4-3-10-23(15-19)14-18-5-7-20(8-6-18)22(2)12-13-25/h5-9,11,19,25H,3-4,10,12-16H2,1-2H3. The van der Waals surface area contributed by atoms with Crippen LogP contribution in [-0.4, -0.2) is 52.8 Å². The maximum absolute atomic E-state index is 9.05. The average molecular weight is 342 g/mol. The highest BCUT2D eigenvalue weighted by atomic mass is 16.3. The van der Waals surface area contributed by atoms with Gasteiger partial charge in [-0.3, -0.25) is 4.90 Å². The van der Waals surface area contributed by atoms with E-state index in [-0.39, 0.29) is 6.61 Å². The van der Waals surface area contributed by atoms with Gasteiger partial charge in [0.05, 0.1) is 6.61 Å². The summed E-state index contributed by atoms with van der Waals surface area (Å²) < 4.78 is 2.28. The van der Waals surface area contributed by atoms with Crippen molar-refractivity contribution in [1.29, 1.82) is 0 Å². The third-order valence-corrected chi connectivity index (χ3v) is 5.20. The highest BCUT2D eigenvalue weighted by Crippen LogP contribution is 2.21. The minimum Gasteiger partial charge on any atom is -0.395 e. The summed E-state index contributed by atoms with van der Waals surface area (Å²) in [5.41, 5.74) is 2.52. The van der Waals surface area contributed by atoms with Crippen LogP contribution in [0.3, 0.4) is 0 Å². The fraction of sp³-hybridized carbons (Fsp3) is 0.550. The topological polar surface area (TPSA) is 44.5 Å². The van der Waals surface area contributed by atoms with Gasteiger partial charge in [0.15, 0.2) is 0 Å². The lowest BCUT2D eigenvalue weighted by molar-refractivity contribution is 0.155. The van der Waals surface area contributed by atoms with Crippen LogP contribution in [-0.2, 0) is 13.1 Å². The number of rotatable bonds is 7. The Morgan fingerprint density at radius 2 is 2.08 bits per heavy atom. The average Bonchev–Trinajstić information content (AvgIpc) is 3.01. The van der Waals surface area contributed by atoms with E-state index in [1.54, 1.807) is 0 Å². The molecule has 2 heterocycles. The summed E-state index contributed by atoms with van der Waals surface area (Å²) in [6, 6.07) is 8.74. The molecule has 1 N–H and O–H groups in total. The lowest BCUT2D eigenvalue weighted by Gasteiger charge is -2.33. The van der Waals surface area contributed by atoms with Crippen LogP contribution in [0.5, 0.6) is 0 Å². The normalized spacial score (nSPS) is 18.4. The molecule has 0 bridgehead atoms. The largest absolute Gasteiger partial charge is 0.395 e. The predicted molar refractivity (Wildman–Crippen MR) is 102 cm³/mol. The number of aliphatic hydroxyl groups excluding tert-OH is 1. The van der Waals surface area contributed by atoms with Gasteiger partial charge in [0.25, 0.3) is 0 Å². The number of imidazole rings is 1. The molecule has 1 fully saturated rings. The summed E-state index contributed by atoms with van der Waals surface area (Å²) in [5, 5.41) is 9.05. The van der Waals surface area contributed by atoms with Crippen molar-refractivity contribution in [3.8, 4) is 0 Å². The van der Waals surface area contributed by atoms with Gasteiger partial charge in [-0.2, -0.15) is 0 Å². The first-order valence-electron chi connectivity index (χ1n) is 9.26. The Hall–Kier alpha value is -1.85. The smallest absolute Gasteiger partial charge is 0.105 e. The van der Waals surface area contributed by atoms with E-state index in [2.05, 4.69) is 56.7 Å². The molecular weight excluding hydrogens is 312 g/mol. The van der Waals surface area contributed by atoms with Crippen LogP contribution in [0.15, 0.2) is 36.7 Å². The lowest BCUT2D eigenvalue weighted by Crippen LogP contribution is -2.36. The molecular formula is C20H30N4O. The van der Waals surface area contributed by atoms with E-state index in [4.69, 9.17) is 5.11 Å². The summed E-state index contributed by atoms with van der Waals surface area (Å²) in [7, 11) is 2.01. The van der Waals surface area contributed by atoms with E-state index in [0.717, 1.165) is 31.1 Å². The van der Waals surface area contributed by atoms with Crippen molar-refractivity contribution in [2.24, 2.45) is 5.92 Å². The number of likely N-dealkylation sites (tertiary alicyclic amines) is 1. The van der Waals surface area contributed by atoms with Crippen molar-refractivity contribution < 1.29 is 5.11 Å². The summed E-state index contributed by atoms with van der Waals surface area (Å²) in [5.74, 6) is 1.82. The van der Waals surface area contributed by atoms with E-state index >= 15 is 0 Å². The molecule has 0 spiro atoms. The summed E-state index contributed by atoms with van der Waals surface area (Å²) in [6.07, 6.45) is 6.57. The Kier molecular flexibility index (Phi) is 6.10. The van der Waals surface area contributed by atoms with Crippen molar-refractivity contribution in [2.75, 3.05) is 38.2 Å². The fourth-order valence-corrected chi connectivity index (χ4v) is 3.71. The van der Waals surface area contributed by atoms with E-state index in [1.807, 2.05) is 13.2 Å². The summed E-state index contributed by atoms with van der Waals surface area (Å²) >= 11 is 0. The van der Waals surface area contributed by atoms with Gasteiger partial charge in [0, 0.05) is 51.3 Å². The number of benzene rings is 1. The summed E-state index contributed by atoms with van der Waals surface area (Å²) in [4.78, 5) is 8.99.